The molecule has 5 heteroatoms. The number of aryl methyl sites for hydroxylation is 2. The van der Waals surface area contributed by atoms with E-state index in [0.717, 1.165) is 11.1 Å². The van der Waals surface area contributed by atoms with Crippen LogP contribution in [-0.2, 0) is 4.79 Å². The van der Waals surface area contributed by atoms with Crippen LogP contribution in [0.1, 0.15) is 11.1 Å². The number of halogens is 2. The first kappa shape index (κ1) is 15.3. The van der Waals surface area contributed by atoms with Crippen molar-refractivity contribution in [1.29, 1.82) is 0 Å². The molecule has 0 heterocycles. The van der Waals surface area contributed by atoms with E-state index in [1.165, 1.54) is 12.1 Å². The number of carbonyl (C=O) groups excluding carboxylic acids is 1. The van der Waals surface area contributed by atoms with E-state index in [-0.39, 0.29) is 17.3 Å². The third-order valence-corrected chi connectivity index (χ3v) is 3.22. The molecule has 1 amide bonds. The second kappa shape index (κ2) is 6.59. The van der Waals surface area contributed by atoms with Gasteiger partial charge in [-0.15, -0.1) is 0 Å². The van der Waals surface area contributed by atoms with Gasteiger partial charge in [-0.1, -0.05) is 29.8 Å². The van der Waals surface area contributed by atoms with Crippen LogP contribution in [0.5, 0.6) is 5.75 Å². The number of rotatable bonds is 4. The van der Waals surface area contributed by atoms with Gasteiger partial charge >= 0.3 is 0 Å². The Labute approximate surface area is 127 Å². The van der Waals surface area contributed by atoms with E-state index in [4.69, 9.17) is 16.3 Å². The van der Waals surface area contributed by atoms with Crippen LogP contribution in [-0.4, -0.2) is 12.5 Å². The number of benzene rings is 2. The number of carbonyl (C=O) groups is 1. The van der Waals surface area contributed by atoms with Gasteiger partial charge in [-0.05, 0) is 43.2 Å². The van der Waals surface area contributed by atoms with E-state index in [2.05, 4.69) is 5.32 Å². The lowest BCUT2D eigenvalue weighted by atomic mass is 10.1. The van der Waals surface area contributed by atoms with Crippen molar-refractivity contribution < 1.29 is 13.9 Å². The van der Waals surface area contributed by atoms with E-state index in [1.54, 1.807) is 6.07 Å². The molecule has 0 bridgehead atoms. The second-order valence-corrected chi connectivity index (χ2v) is 5.11. The molecule has 0 atom stereocenters. The highest BCUT2D eigenvalue weighted by atomic mass is 35.5. The van der Waals surface area contributed by atoms with E-state index < -0.39 is 11.7 Å². The van der Waals surface area contributed by atoms with Gasteiger partial charge in [0.25, 0.3) is 5.91 Å². The monoisotopic (exact) mass is 307 g/mol. The molecule has 0 saturated carbocycles. The summed E-state index contributed by atoms with van der Waals surface area (Å²) in [6, 6.07) is 10.1. The van der Waals surface area contributed by atoms with Gasteiger partial charge in [0.1, 0.15) is 5.75 Å². The Morgan fingerprint density at radius 1 is 1.29 bits per heavy atom. The van der Waals surface area contributed by atoms with Crippen LogP contribution < -0.4 is 10.1 Å². The SMILES string of the molecule is Cc1ccc(C)c(OCC(=O)Nc2cccc(Cl)c2F)c1. The molecule has 1 N–H and O–H groups in total. The summed E-state index contributed by atoms with van der Waals surface area (Å²) in [5.74, 6) is -0.465. The highest BCUT2D eigenvalue weighted by Gasteiger charge is 2.10. The van der Waals surface area contributed by atoms with Crippen molar-refractivity contribution in [3.63, 3.8) is 0 Å². The molecule has 110 valence electrons. The first-order valence-electron chi connectivity index (χ1n) is 6.41. The van der Waals surface area contributed by atoms with Crippen LogP contribution in [0.2, 0.25) is 5.02 Å². The maximum Gasteiger partial charge on any atom is 0.262 e. The molecule has 0 fully saturated rings. The maximum atomic E-state index is 13.7. The zero-order valence-electron chi connectivity index (χ0n) is 11.7. The first-order valence-corrected chi connectivity index (χ1v) is 6.79. The molecule has 2 rings (SSSR count). The fraction of sp³-hybridized carbons (Fsp3) is 0.188. The lowest BCUT2D eigenvalue weighted by Gasteiger charge is -2.11. The second-order valence-electron chi connectivity index (χ2n) is 4.71. The van der Waals surface area contributed by atoms with Crippen molar-refractivity contribution in [2.75, 3.05) is 11.9 Å². The molecule has 0 radical (unpaired) electrons. The normalized spacial score (nSPS) is 10.3. The number of amides is 1. The summed E-state index contributed by atoms with van der Waals surface area (Å²) < 4.78 is 19.1. The van der Waals surface area contributed by atoms with Crippen molar-refractivity contribution >= 4 is 23.2 Å². The number of hydrogen-bond acceptors (Lipinski definition) is 2. The molecular formula is C16H15ClFNO2. The topological polar surface area (TPSA) is 38.3 Å². The zero-order valence-corrected chi connectivity index (χ0v) is 12.5. The molecule has 0 aliphatic heterocycles. The molecule has 0 saturated heterocycles. The van der Waals surface area contributed by atoms with Crippen LogP contribution in [0.25, 0.3) is 0 Å². The van der Waals surface area contributed by atoms with E-state index >= 15 is 0 Å². The Hall–Kier alpha value is -2.07. The van der Waals surface area contributed by atoms with E-state index in [1.807, 2.05) is 32.0 Å². The Morgan fingerprint density at radius 3 is 2.81 bits per heavy atom. The summed E-state index contributed by atoms with van der Waals surface area (Å²) in [4.78, 5) is 11.8. The summed E-state index contributed by atoms with van der Waals surface area (Å²) in [7, 11) is 0. The Bertz CT molecular complexity index is 673. The fourth-order valence-corrected chi connectivity index (χ4v) is 1.97. The van der Waals surface area contributed by atoms with Crippen molar-refractivity contribution in [1.82, 2.24) is 0 Å². The average molecular weight is 308 g/mol. The van der Waals surface area contributed by atoms with Crippen LogP contribution >= 0.6 is 11.6 Å². The lowest BCUT2D eigenvalue weighted by Crippen LogP contribution is -2.21. The maximum absolute atomic E-state index is 13.7. The summed E-state index contributed by atoms with van der Waals surface area (Å²) in [6.07, 6.45) is 0. The van der Waals surface area contributed by atoms with E-state index in [9.17, 15) is 9.18 Å². The van der Waals surface area contributed by atoms with Gasteiger partial charge in [-0.25, -0.2) is 4.39 Å². The van der Waals surface area contributed by atoms with Gasteiger partial charge in [-0.3, -0.25) is 4.79 Å². The largest absolute Gasteiger partial charge is 0.483 e. The minimum atomic E-state index is -0.653. The van der Waals surface area contributed by atoms with Crippen LogP contribution in [0, 0.1) is 19.7 Å². The minimum absolute atomic E-state index is 0.0387. The standard InChI is InChI=1S/C16H15ClFNO2/c1-10-6-7-11(2)14(8-10)21-9-15(20)19-13-5-3-4-12(17)16(13)18/h3-8H,9H2,1-2H3,(H,19,20). The summed E-state index contributed by atoms with van der Waals surface area (Å²) in [5, 5.41) is 2.39. The smallest absolute Gasteiger partial charge is 0.262 e. The van der Waals surface area contributed by atoms with Crippen LogP contribution in [0.3, 0.4) is 0 Å². The molecular weight excluding hydrogens is 293 g/mol. The molecule has 0 aliphatic rings. The highest BCUT2D eigenvalue weighted by Crippen LogP contribution is 2.22. The van der Waals surface area contributed by atoms with Crippen molar-refractivity contribution in [2.24, 2.45) is 0 Å². The first-order chi connectivity index (χ1) is 9.97. The third kappa shape index (κ3) is 3.95. The molecule has 3 nitrogen and oxygen atoms in total. The molecule has 2 aromatic rings. The third-order valence-electron chi connectivity index (χ3n) is 2.93. The highest BCUT2D eigenvalue weighted by molar-refractivity contribution is 6.31. The number of nitrogens with one attached hydrogen (secondary N) is 1. The van der Waals surface area contributed by atoms with Gasteiger partial charge < -0.3 is 10.1 Å². The Kier molecular flexibility index (Phi) is 4.81. The quantitative estimate of drug-likeness (QED) is 0.923. The number of ether oxygens (including phenoxy) is 1. The average Bonchev–Trinajstić information content (AvgIpc) is 2.45. The van der Waals surface area contributed by atoms with Gasteiger partial charge in [0, 0.05) is 0 Å². The fourth-order valence-electron chi connectivity index (χ4n) is 1.79. The van der Waals surface area contributed by atoms with Crippen molar-refractivity contribution in [3.05, 3.63) is 58.4 Å². The number of anilines is 1. The Morgan fingerprint density at radius 2 is 2.05 bits per heavy atom. The van der Waals surface area contributed by atoms with Crippen molar-refractivity contribution in [2.45, 2.75) is 13.8 Å². The molecule has 21 heavy (non-hydrogen) atoms. The lowest BCUT2D eigenvalue weighted by molar-refractivity contribution is -0.118. The van der Waals surface area contributed by atoms with Gasteiger partial charge in [-0.2, -0.15) is 0 Å². The Balaban J connectivity index is 1.99. The van der Waals surface area contributed by atoms with Gasteiger partial charge in [0.2, 0.25) is 0 Å². The van der Waals surface area contributed by atoms with Crippen molar-refractivity contribution in [3.8, 4) is 5.75 Å². The summed E-state index contributed by atoms with van der Waals surface area (Å²) >= 11 is 5.65. The van der Waals surface area contributed by atoms with Crippen LogP contribution in [0.15, 0.2) is 36.4 Å². The van der Waals surface area contributed by atoms with Gasteiger partial charge in [0.05, 0.1) is 10.7 Å². The molecule has 0 aromatic heterocycles. The van der Waals surface area contributed by atoms with Crippen LogP contribution in [0.4, 0.5) is 10.1 Å². The summed E-state index contributed by atoms with van der Waals surface area (Å²) in [6.45, 7) is 3.63. The predicted molar refractivity (Wildman–Crippen MR) is 81.5 cm³/mol. The predicted octanol–water partition coefficient (Wildman–Crippen LogP) is 4.11. The van der Waals surface area contributed by atoms with E-state index in [0.29, 0.717) is 5.75 Å². The molecule has 0 aliphatic carbocycles. The zero-order chi connectivity index (χ0) is 15.4. The number of hydrogen-bond donors (Lipinski definition) is 1. The molecule has 0 unspecified atom stereocenters. The molecule has 2 aromatic carbocycles. The minimum Gasteiger partial charge on any atom is -0.483 e. The van der Waals surface area contributed by atoms with Gasteiger partial charge in [0.15, 0.2) is 12.4 Å². The summed E-state index contributed by atoms with van der Waals surface area (Å²) in [5.41, 5.74) is 2.01. The molecule has 0 spiro atoms.